The first kappa shape index (κ1) is 52.1. The molecule has 15 heteroatoms. The molecule has 0 bridgehead atoms. The van der Waals surface area contributed by atoms with Gasteiger partial charge in [0.2, 0.25) is 23.6 Å². The molecule has 6 rings (SSSR count). The summed E-state index contributed by atoms with van der Waals surface area (Å²) in [6, 6.07) is 10.1. The first-order valence-corrected chi connectivity index (χ1v) is 25.0. The summed E-state index contributed by atoms with van der Waals surface area (Å²) in [5, 5.41) is 16.3. The minimum atomic E-state index is -1.04. The maximum Gasteiger partial charge on any atom is 0.514 e. The summed E-state index contributed by atoms with van der Waals surface area (Å²) in [7, 11) is 0. The lowest BCUT2D eigenvalue weighted by molar-refractivity contribution is -0.384. The van der Waals surface area contributed by atoms with E-state index in [1.54, 1.807) is 17.7 Å². The third-order valence-electron chi connectivity index (χ3n) is 16.0. The molecular weight excluding hydrogens is 867 g/mol. The predicted octanol–water partition coefficient (Wildman–Crippen LogP) is 9.35. The summed E-state index contributed by atoms with van der Waals surface area (Å²) in [5.74, 6) is 2.83. The molecule has 4 N–H and O–H groups in total. The minimum Gasteiger partial charge on any atom is -0.429 e. The molecule has 3 fully saturated rings. The molecule has 15 nitrogen and oxygen atoms in total. The Morgan fingerprint density at radius 1 is 0.882 bits per heavy atom. The summed E-state index contributed by atoms with van der Waals surface area (Å²) in [4.78, 5) is 74.4. The second kappa shape index (κ2) is 23.3. The van der Waals surface area contributed by atoms with Gasteiger partial charge in [-0.25, -0.2) is 4.79 Å². The number of anilines is 1. The average Bonchev–Trinajstić information content (AvgIpc) is 3.66. The van der Waals surface area contributed by atoms with Crippen LogP contribution in [-0.2, 0) is 35.3 Å². The van der Waals surface area contributed by atoms with E-state index in [9.17, 15) is 34.1 Å². The summed E-state index contributed by atoms with van der Waals surface area (Å²) in [6.45, 7) is 14.3. The molecule has 4 aliphatic carbocycles. The van der Waals surface area contributed by atoms with Gasteiger partial charge in [0, 0.05) is 43.8 Å². The zero-order chi connectivity index (χ0) is 49.2. The third-order valence-corrected chi connectivity index (χ3v) is 16.0. The van der Waals surface area contributed by atoms with Gasteiger partial charge in [-0.1, -0.05) is 77.7 Å². The highest BCUT2D eigenvalue weighted by Crippen LogP contribution is 2.67. The normalized spacial score (nSPS) is 25.9. The molecule has 3 unspecified atom stereocenters. The Hall–Kier alpha value is -5.31. The van der Waals surface area contributed by atoms with Gasteiger partial charge in [0.25, 0.3) is 5.69 Å². The van der Waals surface area contributed by atoms with Gasteiger partial charge < -0.3 is 35.5 Å². The maximum atomic E-state index is 13.4. The van der Waals surface area contributed by atoms with Crippen LogP contribution >= 0.6 is 0 Å². The lowest BCUT2D eigenvalue weighted by Crippen LogP contribution is -2.51. The van der Waals surface area contributed by atoms with Crippen LogP contribution in [0.1, 0.15) is 137 Å². The van der Waals surface area contributed by atoms with Gasteiger partial charge in [0.15, 0.2) is 0 Å². The fraction of sp³-hybridized carbons (Fsp3) is 0.642. The first-order chi connectivity index (χ1) is 32.4. The van der Waals surface area contributed by atoms with E-state index in [4.69, 9.17) is 19.9 Å². The van der Waals surface area contributed by atoms with E-state index in [1.165, 1.54) is 101 Å². The fourth-order valence-electron chi connectivity index (χ4n) is 12.4. The Morgan fingerprint density at radius 3 is 2.29 bits per heavy atom. The number of fused-ring (bicyclic) bond motifs is 5. The Balaban J connectivity index is 0.871. The number of nitro benzene ring substituents is 1. The zero-order valence-electron chi connectivity index (χ0n) is 41.1. The first-order valence-electron chi connectivity index (χ1n) is 25.0. The average molecular weight is 942 g/mol. The largest absolute Gasteiger partial charge is 0.514 e. The van der Waals surface area contributed by atoms with E-state index in [-0.39, 0.29) is 48.3 Å². The predicted molar refractivity (Wildman–Crippen MR) is 259 cm³/mol. The molecule has 0 spiro atoms. The highest BCUT2D eigenvalue weighted by molar-refractivity contribution is 6.02. The number of nitro groups is 1. The van der Waals surface area contributed by atoms with Crippen molar-refractivity contribution >= 4 is 41.2 Å². The molecular formula is C53H75N5O10. The number of hydrogen-bond donors (Lipinski definition) is 3. The Labute approximate surface area is 402 Å². The van der Waals surface area contributed by atoms with Crippen molar-refractivity contribution in [1.82, 2.24) is 10.6 Å². The highest BCUT2D eigenvalue weighted by atomic mass is 16.7. The SMILES string of the molecule is CC(C)CCC[C@@H](C)[C@H]1CCC2C3CC=C4C[C@@H](OCCCNC(=O)CCC(=O)N[C@@H](C)C(=O)N(CC(N)=O)c5ccc(COC(=O)Oc6ccc([N+](=O)[O-])cc6)cc5)CC[C@]4(C)C3CC[C@@]21C. The van der Waals surface area contributed by atoms with Crippen LogP contribution in [0.25, 0.3) is 0 Å². The number of benzene rings is 2. The molecule has 4 amide bonds. The molecule has 0 saturated heterocycles. The van der Waals surface area contributed by atoms with Crippen LogP contribution in [0.3, 0.4) is 0 Å². The number of carbonyl (C=O) groups excluding carboxylic acids is 5. The van der Waals surface area contributed by atoms with E-state index in [0.717, 1.165) is 53.2 Å². The quantitative estimate of drug-likeness (QED) is 0.0254. The molecule has 2 aromatic carbocycles. The van der Waals surface area contributed by atoms with E-state index >= 15 is 0 Å². The van der Waals surface area contributed by atoms with E-state index < -0.39 is 41.4 Å². The smallest absolute Gasteiger partial charge is 0.429 e. The van der Waals surface area contributed by atoms with Crippen LogP contribution in [0, 0.1) is 56.5 Å². The molecule has 0 aliphatic heterocycles. The number of nitrogens with zero attached hydrogens (tertiary/aromatic N) is 2. The summed E-state index contributed by atoms with van der Waals surface area (Å²) in [5.41, 5.74) is 8.50. The third kappa shape index (κ3) is 13.1. The number of rotatable bonds is 22. The molecule has 0 heterocycles. The Morgan fingerprint density at radius 2 is 1.60 bits per heavy atom. The van der Waals surface area contributed by atoms with Crippen LogP contribution in [0.2, 0.25) is 0 Å². The van der Waals surface area contributed by atoms with Crippen LogP contribution < -0.4 is 26.0 Å². The summed E-state index contributed by atoms with van der Waals surface area (Å²) in [6.07, 6.45) is 16.4. The lowest BCUT2D eigenvalue weighted by Gasteiger charge is -2.58. The molecule has 68 heavy (non-hydrogen) atoms. The second-order valence-electron chi connectivity index (χ2n) is 21.0. The van der Waals surface area contributed by atoms with Crippen LogP contribution in [0.4, 0.5) is 16.2 Å². The zero-order valence-corrected chi connectivity index (χ0v) is 41.1. The van der Waals surface area contributed by atoms with Crippen LogP contribution in [0.15, 0.2) is 60.2 Å². The van der Waals surface area contributed by atoms with Gasteiger partial charge >= 0.3 is 6.16 Å². The van der Waals surface area contributed by atoms with Gasteiger partial charge in [-0.2, -0.15) is 0 Å². The number of allylic oxidation sites excluding steroid dienone is 1. The van der Waals surface area contributed by atoms with Crippen molar-refractivity contribution in [3.8, 4) is 5.75 Å². The standard InChI is InChI=1S/C53H75N5O10/c1-34(2)9-7-10-35(3)44-21-22-45-43-20-13-38-31-42(25-27-52(38,5)46(43)26-28-53(44,45)6)66-30-8-29-55-48(60)23-24-49(61)56-36(4)50(62)57(32-47(54)59)39-14-11-37(12-15-39)33-67-51(63)68-41-18-16-40(17-19-41)58(64)65/h11-19,34-36,42-46H,7-10,20-33H2,1-6H3,(H2,54,59)(H,55,60)(H,56,61)/t35-,36+,42+,43?,44-,45?,46?,52+,53-/m1/s1. The van der Waals surface area contributed by atoms with Crippen molar-refractivity contribution in [2.24, 2.45) is 52.1 Å². The molecule has 2 aromatic rings. The number of primary amides is 1. The number of carbonyl (C=O) groups is 5. The van der Waals surface area contributed by atoms with Crippen LogP contribution in [-0.4, -0.2) is 66.5 Å². The molecule has 0 radical (unpaired) electrons. The summed E-state index contributed by atoms with van der Waals surface area (Å²) >= 11 is 0. The van der Waals surface area contributed by atoms with E-state index in [0.29, 0.717) is 36.2 Å². The monoisotopic (exact) mass is 942 g/mol. The number of non-ortho nitro benzene ring substituents is 1. The molecule has 9 atom stereocenters. The van der Waals surface area contributed by atoms with Gasteiger partial charge in [-0.05, 0) is 141 Å². The highest BCUT2D eigenvalue weighted by Gasteiger charge is 2.59. The summed E-state index contributed by atoms with van der Waals surface area (Å²) < 4.78 is 16.6. The Bertz CT molecular complexity index is 2130. The molecule has 0 aromatic heterocycles. The van der Waals surface area contributed by atoms with Gasteiger partial charge in [-0.15, -0.1) is 0 Å². The second-order valence-corrected chi connectivity index (χ2v) is 21.0. The lowest BCUT2D eigenvalue weighted by atomic mass is 9.47. The number of amides is 4. The van der Waals surface area contributed by atoms with Crippen LogP contribution in [0.5, 0.6) is 5.75 Å². The number of hydrogen-bond acceptors (Lipinski definition) is 10. The number of nitrogens with one attached hydrogen (secondary N) is 2. The number of ether oxygens (including phenoxy) is 3. The Kier molecular flexibility index (Phi) is 17.9. The molecule has 3 saturated carbocycles. The van der Waals surface area contributed by atoms with Crippen molar-refractivity contribution in [2.45, 2.75) is 150 Å². The number of nitrogens with two attached hydrogens (primary N) is 1. The van der Waals surface area contributed by atoms with E-state index in [1.807, 2.05) is 0 Å². The maximum absolute atomic E-state index is 13.4. The van der Waals surface area contributed by atoms with Crippen molar-refractivity contribution in [2.75, 3.05) is 24.6 Å². The molecule has 372 valence electrons. The van der Waals surface area contributed by atoms with Crippen molar-refractivity contribution in [3.05, 3.63) is 75.9 Å². The molecule has 4 aliphatic rings. The van der Waals surface area contributed by atoms with Gasteiger partial charge in [0.05, 0.1) is 11.0 Å². The fourth-order valence-corrected chi connectivity index (χ4v) is 12.4. The minimum absolute atomic E-state index is 0.0565. The topological polar surface area (TPSA) is 209 Å². The van der Waals surface area contributed by atoms with Crippen molar-refractivity contribution in [3.63, 3.8) is 0 Å². The van der Waals surface area contributed by atoms with Crippen molar-refractivity contribution < 1.29 is 43.1 Å². The van der Waals surface area contributed by atoms with Gasteiger partial charge in [-0.3, -0.25) is 29.3 Å². The van der Waals surface area contributed by atoms with E-state index in [2.05, 4.69) is 51.3 Å². The van der Waals surface area contributed by atoms with Crippen molar-refractivity contribution in [1.29, 1.82) is 0 Å². The van der Waals surface area contributed by atoms with Gasteiger partial charge in [0.1, 0.15) is 24.9 Å².